The molecule has 0 radical (unpaired) electrons. The lowest BCUT2D eigenvalue weighted by Crippen LogP contribution is -2.68. The number of likely N-dealkylation sites (tertiary alicyclic amines) is 1. The van der Waals surface area contributed by atoms with Gasteiger partial charge >= 0.3 is 6.18 Å². The third kappa shape index (κ3) is 3.93. The lowest BCUT2D eigenvalue weighted by atomic mass is 9.93. The average Bonchev–Trinajstić information content (AvgIpc) is 2.57. The lowest BCUT2D eigenvalue weighted by molar-refractivity contribution is -0.318. The molecule has 1 aliphatic heterocycles. The number of nitrogens with zero attached hydrogens (tertiary/aromatic N) is 1. The van der Waals surface area contributed by atoms with E-state index < -0.39 is 42.7 Å². The van der Waals surface area contributed by atoms with Gasteiger partial charge < -0.3 is 20.1 Å². The molecule has 25 heavy (non-hydrogen) atoms. The number of nitrogens with one attached hydrogen (secondary N) is 1. The Hall–Kier alpha value is -2.13. The number of amides is 2. The van der Waals surface area contributed by atoms with E-state index >= 15 is 0 Å². The summed E-state index contributed by atoms with van der Waals surface area (Å²) in [5.41, 5.74) is -2.98. The van der Waals surface area contributed by atoms with Gasteiger partial charge in [0.05, 0.1) is 6.61 Å². The van der Waals surface area contributed by atoms with Gasteiger partial charge in [-0.2, -0.15) is 13.2 Å². The first-order valence-corrected chi connectivity index (χ1v) is 7.66. The van der Waals surface area contributed by atoms with Crippen molar-refractivity contribution in [2.24, 2.45) is 0 Å². The average molecular weight is 360 g/mol. The van der Waals surface area contributed by atoms with E-state index in [0.717, 1.165) is 0 Å². The van der Waals surface area contributed by atoms with Crippen molar-refractivity contribution < 1.29 is 32.6 Å². The molecule has 0 bridgehead atoms. The van der Waals surface area contributed by atoms with E-state index in [1.807, 2.05) is 0 Å². The van der Waals surface area contributed by atoms with E-state index in [-0.39, 0.29) is 18.6 Å². The van der Waals surface area contributed by atoms with Gasteiger partial charge in [-0.15, -0.1) is 0 Å². The van der Waals surface area contributed by atoms with Crippen LogP contribution in [0.15, 0.2) is 30.3 Å². The first-order chi connectivity index (χ1) is 11.7. The predicted molar refractivity (Wildman–Crippen MR) is 81.5 cm³/mol. The maximum absolute atomic E-state index is 13.3. The summed E-state index contributed by atoms with van der Waals surface area (Å²) in [5, 5.41) is 12.5. The van der Waals surface area contributed by atoms with Crippen LogP contribution in [-0.2, 0) is 9.53 Å². The lowest BCUT2D eigenvalue weighted by Gasteiger charge is -2.46. The highest BCUT2D eigenvalue weighted by Crippen LogP contribution is 2.40. The molecule has 2 atom stereocenters. The van der Waals surface area contributed by atoms with Gasteiger partial charge in [0.2, 0.25) is 11.6 Å². The van der Waals surface area contributed by atoms with Crippen molar-refractivity contribution in [2.75, 3.05) is 20.3 Å². The van der Waals surface area contributed by atoms with E-state index in [1.165, 1.54) is 19.2 Å². The summed E-state index contributed by atoms with van der Waals surface area (Å²) in [6, 6.07) is 6.87. The van der Waals surface area contributed by atoms with Crippen molar-refractivity contribution in [3.63, 3.8) is 0 Å². The van der Waals surface area contributed by atoms with E-state index in [2.05, 4.69) is 5.32 Å². The van der Waals surface area contributed by atoms with Crippen LogP contribution in [0, 0.1) is 0 Å². The van der Waals surface area contributed by atoms with Crippen molar-refractivity contribution >= 4 is 11.8 Å². The molecule has 0 aromatic heterocycles. The zero-order chi connectivity index (χ0) is 18.7. The molecule has 1 heterocycles. The summed E-state index contributed by atoms with van der Waals surface area (Å²) in [6.07, 6.45) is -6.06. The molecule has 1 fully saturated rings. The SMILES string of the molecule is COCCN1C(=O)[C@@H](NC(=O)c2ccccc2)CC[C@@]1(O)C(F)(F)F. The van der Waals surface area contributed by atoms with Gasteiger partial charge in [0, 0.05) is 25.6 Å². The van der Waals surface area contributed by atoms with Crippen LogP contribution in [0.2, 0.25) is 0 Å². The van der Waals surface area contributed by atoms with Gasteiger partial charge in [-0.25, -0.2) is 0 Å². The van der Waals surface area contributed by atoms with Gasteiger partial charge in [-0.1, -0.05) is 18.2 Å². The van der Waals surface area contributed by atoms with Gasteiger partial charge in [-0.3, -0.25) is 9.59 Å². The molecule has 1 aliphatic rings. The van der Waals surface area contributed by atoms with E-state index in [0.29, 0.717) is 4.90 Å². The maximum Gasteiger partial charge on any atom is 0.436 e. The molecule has 138 valence electrons. The number of carbonyl (C=O) groups excluding carboxylic acids is 2. The van der Waals surface area contributed by atoms with E-state index in [1.54, 1.807) is 18.2 Å². The minimum absolute atomic E-state index is 0.177. The van der Waals surface area contributed by atoms with Crippen LogP contribution in [0.25, 0.3) is 0 Å². The maximum atomic E-state index is 13.3. The van der Waals surface area contributed by atoms with Crippen molar-refractivity contribution in [1.82, 2.24) is 10.2 Å². The van der Waals surface area contributed by atoms with Crippen molar-refractivity contribution in [1.29, 1.82) is 0 Å². The van der Waals surface area contributed by atoms with Crippen molar-refractivity contribution in [3.8, 4) is 0 Å². The number of hydrogen-bond acceptors (Lipinski definition) is 4. The van der Waals surface area contributed by atoms with Crippen LogP contribution in [0.4, 0.5) is 13.2 Å². The Kier molecular flexibility index (Phi) is 5.69. The van der Waals surface area contributed by atoms with Crippen molar-refractivity contribution in [2.45, 2.75) is 30.8 Å². The van der Waals surface area contributed by atoms with Crippen LogP contribution in [0.3, 0.4) is 0 Å². The highest BCUT2D eigenvalue weighted by atomic mass is 19.4. The van der Waals surface area contributed by atoms with Crippen LogP contribution < -0.4 is 5.32 Å². The van der Waals surface area contributed by atoms with Crippen LogP contribution in [0.1, 0.15) is 23.2 Å². The minimum Gasteiger partial charge on any atom is -0.383 e. The highest BCUT2D eigenvalue weighted by Gasteiger charge is 2.61. The molecule has 0 saturated carbocycles. The monoisotopic (exact) mass is 360 g/mol. The second kappa shape index (κ2) is 7.40. The number of hydrogen-bond donors (Lipinski definition) is 2. The molecule has 1 aromatic rings. The number of rotatable bonds is 5. The fourth-order valence-corrected chi connectivity index (χ4v) is 2.71. The molecular formula is C16H19F3N2O4. The molecule has 9 heteroatoms. The molecule has 0 unspecified atom stereocenters. The normalized spacial score (nSPS) is 24.3. The predicted octanol–water partition coefficient (Wildman–Crippen LogP) is 1.30. The van der Waals surface area contributed by atoms with E-state index in [4.69, 9.17) is 4.74 Å². The summed E-state index contributed by atoms with van der Waals surface area (Å²) >= 11 is 0. The Morgan fingerprint density at radius 1 is 1.40 bits per heavy atom. The molecule has 2 rings (SSSR count). The summed E-state index contributed by atoms with van der Waals surface area (Å²) in [5.74, 6) is -1.56. The molecule has 6 nitrogen and oxygen atoms in total. The Bertz CT molecular complexity index is 624. The topological polar surface area (TPSA) is 78.9 Å². The summed E-state index contributed by atoms with van der Waals surface area (Å²) < 4.78 is 44.5. The molecule has 2 amide bonds. The van der Waals surface area contributed by atoms with Crippen LogP contribution in [0.5, 0.6) is 0 Å². The highest BCUT2D eigenvalue weighted by molar-refractivity contribution is 5.97. The molecule has 0 spiro atoms. The fourth-order valence-electron chi connectivity index (χ4n) is 2.71. The minimum atomic E-state index is -5.01. The van der Waals surface area contributed by atoms with E-state index in [9.17, 15) is 27.9 Å². The van der Waals surface area contributed by atoms with Gasteiger partial charge in [0.25, 0.3) is 5.91 Å². The number of aliphatic hydroxyl groups is 1. The molecule has 0 aliphatic carbocycles. The molecule has 1 saturated heterocycles. The number of ether oxygens (including phenoxy) is 1. The summed E-state index contributed by atoms with van der Waals surface area (Å²) in [7, 11) is 1.27. The largest absolute Gasteiger partial charge is 0.436 e. The number of carbonyl (C=O) groups is 2. The zero-order valence-corrected chi connectivity index (χ0v) is 13.5. The van der Waals surface area contributed by atoms with Crippen molar-refractivity contribution in [3.05, 3.63) is 35.9 Å². The first-order valence-electron chi connectivity index (χ1n) is 7.66. The number of benzene rings is 1. The Morgan fingerprint density at radius 2 is 2.04 bits per heavy atom. The second-order valence-electron chi connectivity index (χ2n) is 5.73. The first kappa shape index (κ1) is 19.2. The van der Waals surface area contributed by atoms with Gasteiger partial charge in [0.1, 0.15) is 6.04 Å². The van der Waals surface area contributed by atoms with Crippen LogP contribution in [-0.4, -0.2) is 60.0 Å². The molecular weight excluding hydrogens is 341 g/mol. The van der Waals surface area contributed by atoms with Gasteiger partial charge in [-0.05, 0) is 18.6 Å². The number of halogens is 3. The van der Waals surface area contributed by atoms with Gasteiger partial charge in [0.15, 0.2) is 0 Å². The Morgan fingerprint density at radius 3 is 2.60 bits per heavy atom. The molecule has 2 N–H and O–H groups in total. The number of alkyl halides is 3. The summed E-state index contributed by atoms with van der Waals surface area (Å²) in [4.78, 5) is 24.9. The zero-order valence-electron chi connectivity index (χ0n) is 13.5. The third-order valence-corrected chi connectivity index (χ3v) is 4.11. The molecule has 1 aromatic carbocycles. The Labute approximate surface area is 142 Å². The standard InChI is InChI=1S/C16H19F3N2O4/c1-25-10-9-21-14(23)12(7-8-15(21,24)16(17,18)19)20-13(22)11-5-3-2-4-6-11/h2-6,12,24H,7-10H2,1H3,(H,20,22)/t12-,15+/m0/s1. The smallest absolute Gasteiger partial charge is 0.383 e. The van der Waals surface area contributed by atoms with Crippen LogP contribution >= 0.6 is 0 Å². The number of piperidine rings is 1. The third-order valence-electron chi connectivity index (χ3n) is 4.11. The number of methoxy groups -OCH3 is 1. The quantitative estimate of drug-likeness (QED) is 0.830. The fraction of sp³-hybridized carbons (Fsp3) is 0.500. The second-order valence-corrected chi connectivity index (χ2v) is 5.73. The Balaban J connectivity index is 2.18. The summed E-state index contributed by atoms with van der Waals surface area (Å²) in [6.45, 7) is -0.619.